The number of carbonyl (C=O) groups is 2. The van der Waals surface area contributed by atoms with E-state index < -0.39 is 10.8 Å². The Balaban J connectivity index is 1.59. The van der Waals surface area contributed by atoms with E-state index in [1.807, 2.05) is 120 Å². The molecule has 3 aromatic heterocycles. The lowest BCUT2D eigenvalue weighted by Crippen LogP contribution is -2.24. The molecule has 8 bridgehead atoms. The molecule has 2 aliphatic rings. The molecule has 0 amide bonds. The minimum Gasteiger partial charge on any atom is -0.354 e. The number of carbonyl (C=O) groups excluding carboxylic acids is 2. The maximum absolute atomic E-state index is 14.6. The van der Waals surface area contributed by atoms with Gasteiger partial charge in [-0.25, -0.2) is 9.97 Å². The molecule has 0 fully saturated rings. The van der Waals surface area contributed by atoms with Crippen molar-refractivity contribution in [1.29, 1.82) is 0 Å². The molecular weight excluding hydrogens is 689 g/mol. The van der Waals surface area contributed by atoms with Gasteiger partial charge >= 0.3 is 0 Å². The minimum atomic E-state index is -0.789. The summed E-state index contributed by atoms with van der Waals surface area (Å²) in [5, 5.41) is 0. The molecule has 0 radical (unpaired) electrons. The third-order valence-corrected chi connectivity index (χ3v) is 10.2. The molecule has 2 aliphatic heterocycles. The van der Waals surface area contributed by atoms with Gasteiger partial charge in [-0.05, 0) is 71.3 Å². The van der Waals surface area contributed by atoms with Gasteiger partial charge in [0, 0.05) is 60.7 Å². The summed E-state index contributed by atoms with van der Waals surface area (Å²) in [4.78, 5) is 46.6. The topological polar surface area (TPSA) is 91.5 Å². The summed E-state index contributed by atoms with van der Waals surface area (Å²) >= 11 is 0. The number of ketones is 2. The number of aromatic nitrogens is 4. The minimum absolute atomic E-state index is 0.144. The molecular formula is C50H44N4O2. The number of fused-ring (bicyclic) bond motifs is 8. The number of H-pyrrole nitrogens is 2. The van der Waals surface area contributed by atoms with Crippen molar-refractivity contribution in [1.82, 2.24) is 19.9 Å². The van der Waals surface area contributed by atoms with E-state index in [0.29, 0.717) is 22.3 Å². The Morgan fingerprint density at radius 2 is 0.821 bits per heavy atom. The average molecular weight is 733 g/mol. The summed E-state index contributed by atoms with van der Waals surface area (Å²) in [7, 11) is 0. The number of benzene rings is 3. The smallest absolute Gasteiger partial charge is 0.169 e. The lowest BCUT2D eigenvalue weighted by atomic mass is 9.80. The molecule has 8 rings (SSSR count). The molecule has 0 aliphatic carbocycles. The summed E-state index contributed by atoms with van der Waals surface area (Å²) in [6.45, 7) is 11.3. The maximum atomic E-state index is 14.6. The van der Waals surface area contributed by atoms with E-state index in [9.17, 15) is 9.59 Å². The summed E-state index contributed by atoms with van der Waals surface area (Å²) in [5.41, 5.74) is 11.4. The van der Waals surface area contributed by atoms with Crippen LogP contribution >= 0.6 is 0 Å². The van der Waals surface area contributed by atoms with Gasteiger partial charge in [0.15, 0.2) is 11.6 Å². The normalized spacial score (nSPS) is 12.9. The zero-order valence-corrected chi connectivity index (χ0v) is 32.6. The Hall–Kier alpha value is -6.66. The number of nitrogens with one attached hydrogen (secondary N) is 2. The highest BCUT2D eigenvalue weighted by Gasteiger charge is 2.31. The van der Waals surface area contributed by atoms with E-state index in [0.717, 1.165) is 67.0 Å². The summed E-state index contributed by atoms with van der Waals surface area (Å²) < 4.78 is 0. The molecule has 6 nitrogen and oxygen atoms in total. The van der Waals surface area contributed by atoms with Crippen molar-refractivity contribution < 1.29 is 9.59 Å². The van der Waals surface area contributed by atoms with Crippen LogP contribution in [0, 0.1) is 10.8 Å². The number of hydrogen-bond donors (Lipinski definition) is 2. The lowest BCUT2D eigenvalue weighted by molar-refractivity contribution is -0.122. The molecule has 0 spiro atoms. The number of aromatic amines is 2. The van der Waals surface area contributed by atoms with Gasteiger partial charge < -0.3 is 9.97 Å². The van der Waals surface area contributed by atoms with Crippen LogP contribution in [0.25, 0.3) is 85.3 Å². The van der Waals surface area contributed by atoms with Crippen molar-refractivity contribution in [3.63, 3.8) is 0 Å². The highest BCUT2D eigenvalue weighted by atomic mass is 16.1. The van der Waals surface area contributed by atoms with Gasteiger partial charge in [0.1, 0.15) is 0 Å². The van der Waals surface area contributed by atoms with Gasteiger partial charge in [-0.3, -0.25) is 9.59 Å². The van der Waals surface area contributed by atoms with E-state index in [2.05, 4.69) is 70.7 Å². The van der Waals surface area contributed by atoms with E-state index in [-0.39, 0.29) is 11.6 Å². The number of rotatable bonds is 6. The van der Waals surface area contributed by atoms with Crippen LogP contribution in [0.1, 0.15) is 69.9 Å². The summed E-state index contributed by atoms with van der Waals surface area (Å²) in [6, 6.07) is 38.9. The summed E-state index contributed by atoms with van der Waals surface area (Å²) in [5.74, 6) is -0.297. The molecule has 0 unspecified atom stereocenters. The van der Waals surface area contributed by atoms with Crippen molar-refractivity contribution in [3.8, 4) is 33.4 Å². The van der Waals surface area contributed by atoms with Crippen molar-refractivity contribution in [2.24, 2.45) is 10.8 Å². The first kappa shape index (κ1) is 36.3. The Morgan fingerprint density at radius 1 is 0.464 bits per heavy atom. The second-order valence-electron chi connectivity index (χ2n) is 16.4. The number of allylic oxidation sites excluding steroid dienone is 2. The standard InChI is InChI=1S/C50H44N4O2/c1-49(2,3)43(55)30-34(48(56)50(4,5)6)47-41-28-26-39(53-41)45(32-18-12-8-13-19-32)37-24-22-35(51-37)44(31-16-10-7-11-17-31)36-23-25-38(52-36)46(33-20-14-9-15-21-33)40-27-29-42(47)54-40/h7-30,51,54H,1-6H3/b34-30+,44-35?,44-36?,45-37?,45-39?,46-38?,46-40?,47-41?,47-42?. The van der Waals surface area contributed by atoms with E-state index in [1.54, 1.807) is 0 Å². The largest absolute Gasteiger partial charge is 0.354 e. The van der Waals surface area contributed by atoms with Crippen LogP contribution in [0.3, 0.4) is 0 Å². The fourth-order valence-corrected chi connectivity index (χ4v) is 7.22. The Morgan fingerprint density at radius 3 is 1.21 bits per heavy atom. The lowest BCUT2D eigenvalue weighted by Gasteiger charge is -2.21. The molecule has 0 saturated carbocycles. The van der Waals surface area contributed by atoms with Crippen molar-refractivity contribution in [2.75, 3.05) is 0 Å². The van der Waals surface area contributed by atoms with Crippen LogP contribution in [0.2, 0.25) is 0 Å². The van der Waals surface area contributed by atoms with Gasteiger partial charge in [0.05, 0.1) is 22.8 Å². The SMILES string of the molecule is CC(C)(C)C(=O)/C=C(/C(=O)C(C)(C)C)c1c2nc(c(-c3ccccc3)c3ccc([nH]3)c(-c3ccccc3)c3nc(c(-c4ccccc4)c4ccc1[nH]4)C=C3)C=C2. The van der Waals surface area contributed by atoms with Crippen LogP contribution in [-0.4, -0.2) is 31.5 Å². The van der Waals surface area contributed by atoms with E-state index in [1.165, 1.54) is 6.08 Å². The molecule has 56 heavy (non-hydrogen) atoms. The Labute approximate surface area is 327 Å². The van der Waals surface area contributed by atoms with Crippen LogP contribution in [-0.2, 0) is 9.59 Å². The van der Waals surface area contributed by atoms with Crippen LogP contribution in [0.5, 0.6) is 0 Å². The summed E-state index contributed by atoms with van der Waals surface area (Å²) in [6.07, 6.45) is 9.63. The second kappa shape index (κ2) is 14.2. The van der Waals surface area contributed by atoms with Crippen molar-refractivity contribution >= 4 is 63.5 Å². The van der Waals surface area contributed by atoms with E-state index in [4.69, 9.17) is 9.97 Å². The molecule has 6 aromatic rings. The molecule has 2 N–H and O–H groups in total. The van der Waals surface area contributed by atoms with Crippen molar-refractivity contribution in [3.05, 3.63) is 150 Å². The second-order valence-corrected chi connectivity index (χ2v) is 16.4. The van der Waals surface area contributed by atoms with Crippen LogP contribution in [0.4, 0.5) is 0 Å². The first-order chi connectivity index (χ1) is 26.9. The fourth-order valence-electron chi connectivity index (χ4n) is 7.22. The zero-order chi connectivity index (χ0) is 39.2. The van der Waals surface area contributed by atoms with Gasteiger partial charge in [-0.2, -0.15) is 0 Å². The monoisotopic (exact) mass is 732 g/mol. The van der Waals surface area contributed by atoms with Crippen molar-refractivity contribution in [2.45, 2.75) is 41.5 Å². The first-order valence-electron chi connectivity index (χ1n) is 19.0. The van der Waals surface area contributed by atoms with Crippen LogP contribution < -0.4 is 0 Å². The Bertz CT molecular complexity index is 2730. The Kier molecular flexibility index (Phi) is 9.21. The predicted molar refractivity (Wildman–Crippen MR) is 232 cm³/mol. The molecule has 276 valence electrons. The van der Waals surface area contributed by atoms with E-state index >= 15 is 0 Å². The zero-order valence-electron chi connectivity index (χ0n) is 32.6. The average Bonchev–Trinajstić information content (AvgIpc) is 4.02. The fraction of sp³-hybridized carbons (Fsp3) is 0.160. The molecule has 0 saturated heterocycles. The maximum Gasteiger partial charge on any atom is 0.169 e. The highest BCUT2D eigenvalue weighted by molar-refractivity contribution is 6.29. The van der Waals surface area contributed by atoms with Crippen LogP contribution in [0.15, 0.2) is 121 Å². The number of nitrogens with zero attached hydrogens (tertiary/aromatic N) is 2. The third-order valence-electron chi connectivity index (χ3n) is 10.2. The third kappa shape index (κ3) is 6.90. The molecule has 6 heteroatoms. The quantitative estimate of drug-likeness (QED) is 0.167. The first-order valence-corrected chi connectivity index (χ1v) is 19.0. The molecule has 0 atom stereocenters. The number of Topliss-reactive ketones (excluding diaryl/α,β-unsaturated/α-hetero) is 1. The molecule has 5 heterocycles. The molecule has 3 aromatic carbocycles. The predicted octanol–water partition coefficient (Wildman–Crippen LogP) is 12.3. The highest BCUT2D eigenvalue weighted by Crippen LogP contribution is 2.39. The van der Waals surface area contributed by atoms with Gasteiger partial charge in [-0.15, -0.1) is 0 Å². The number of hydrogen-bond acceptors (Lipinski definition) is 4. The van der Waals surface area contributed by atoms with Gasteiger partial charge in [0.25, 0.3) is 0 Å². The van der Waals surface area contributed by atoms with Gasteiger partial charge in [0.2, 0.25) is 0 Å². The van der Waals surface area contributed by atoms with Gasteiger partial charge in [-0.1, -0.05) is 133 Å².